The lowest BCUT2D eigenvalue weighted by Crippen LogP contribution is -2.48. The third-order valence-corrected chi connectivity index (χ3v) is 5.65. The lowest BCUT2D eigenvalue weighted by atomic mass is 10.1. The highest BCUT2D eigenvalue weighted by molar-refractivity contribution is 7.22. The Labute approximate surface area is 149 Å². The van der Waals surface area contributed by atoms with Gasteiger partial charge in [0.1, 0.15) is 11.3 Å². The Hall–Kier alpha value is -2.47. The van der Waals surface area contributed by atoms with Gasteiger partial charge < -0.3 is 9.80 Å². The molecule has 0 N–H and O–H groups in total. The second kappa shape index (κ2) is 6.44. The van der Waals surface area contributed by atoms with Crippen LogP contribution in [0.2, 0.25) is 0 Å². The lowest BCUT2D eigenvalue weighted by molar-refractivity contribution is 0.0746. The van der Waals surface area contributed by atoms with Crippen LogP contribution in [0.3, 0.4) is 0 Å². The SMILES string of the molecule is Cc1ccccc1C(=O)N1CCN(c2nc3c(F)cccc3s2)CC1. The monoisotopic (exact) mass is 355 g/mol. The molecule has 0 aliphatic carbocycles. The summed E-state index contributed by atoms with van der Waals surface area (Å²) >= 11 is 1.50. The summed E-state index contributed by atoms with van der Waals surface area (Å²) < 4.78 is 14.7. The minimum atomic E-state index is -0.284. The van der Waals surface area contributed by atoms with Gasteiger partial charge in [-0.05, 0) is 30.7 Å². The summed E-state index contributed by atoms with van der Waals surface area (Å²) in [7, 11) is 0. The summed E-state index contributed by atoms with van der Waals surface area (Å²) in [6.45, 7) is 4.66. The first-order valence-electron chi connectivity index (χ1n) is 8.28. The van der Waals surface area contributed by atoms with E-state index < -0.39 is 0 Å². The van der Waals surface area contributed by atoms with E-state index in [0.29, 0.717) is 31.7 Å². The molecular formula is C19H18FN3OS. The zero-order chi connectivity index (χ0) is 17.4. The van der Waals surface area contributed by atoms with Gasteiger partial charge in [0.05, 0.1) is 4.70 Å². The van der Waals surface area contributed by atoms with Crippen molar-refractivity contribution in [2.75, 3.05) is 31.1 Å². The average Bonchev–Trinajstić information content (AvgIpc) is 3.07. The van der Waals surface area contributed by atoms with Crippen molar-refractivity contribution in [3.05, 3.63) is 59.4 Å². The van der Waals surface area contributed by atoms with E-state index >= 15 is 0 Å². The number of amides is 1. The van der Waals surface area contributed by atoms with Gasteiger partial charge >= 0.3 is 0 Å². The molecule has 2 aromatic carbocycles. The van der Waals surface area contributed by atoms with E-state index in [-0.39, 0.29) is 11.7 Å². The molecule has 1 aliphatic heterocycles. The van der Waals surface area contributed by atoms with Crippen LogP contribution in [0.1, 0.15) is 15.9 Å². The molecule has 0 unspecified atom stereocenters. The molecule has 1 saturated heterocycles. The number of piperazine rings is 1. The molecule has 4 nitrogen and oxygen atoms in total. The Kier molecular flexibility index (Phi) is 4.13. The number of aryl methyl sites for hydroxylation is 1. The van der Waals surface area contributed by atoms with E-state index in [0.717, 1.165) is 21.0 Å². The average molecular weight is 355 g/mol. The maximum atomic E-state index is 13.8. The third-order valence-electron chi connectivity index (χ3n) is 4.57. The number of para-hydroxylation sites is 1. The predicted octanol–water partition coefficient (Wildman–Crippen LogP) is 3.71. The van der Waals surface area contributed by atoms with Crippen LogP contribution in [0.15, 0.2) is 42.5 Å². The van der Waals surface area contributed by atoms with Crippen LogP contribution < -0.4 is 4.90 Å². The minimum absolute atomic E-state index is 0.0769. The Morgan fingerprint density at radius 2 is 1.84 bits per heavy atom. The zero-order valence-electron chi connectivity index (χ0n) is 13.9. The molecule has 128 valence electrons. The van der Waals surface area contributed by atoms with Crippen molar-refractivity contribution in [2.45, 2.75) is 6.92 Å². The number of halogens is 1. The molecule has 2 heterocycles. The fraction of sp³-hybridized carbons (Fsp3) is 0.263. The van der Waals surface area contributed by atoms with Crippen LogP contribution in [0.25, 0.3) is 10.2 Å². The van der Waals surface area contributed by atoms with E-state index in [1.165, 1.54) is 17.4 Å². The van der Waals surface area contributed by atoms with Crippen LogP contribution >= 0.6 is 11.3 Å². The smallest absolute Gasteiger partial charge is 0.254 e. The van der Waals surface area contributed by atoms with Gasteiger partial charge in [-0.3, -0.25) is 4.79 Å². The second-order valence-corrected chi connectivity index (χ2v) is 7.19. The van der Waals surface area contributed by atoms with Gasteiger partial charge in [-0.15, -0.1) is 0 Å². The van der Waals surface area contributed by atoms with Crippen molar-refractivity contribution < 1.29 is 9.18 Å². The van der Waals surface area contributed by atoms with Crippen molar-refractivity contribution in [3.8, 4) is 0 Å². The highest BCUT2D eigenvalue weighted by Gasteiger charge is 2.24. The Morgan fingerprint density at radius 1 is 1.08 bits per heavy atom. The van der Waals surface area contributed by atoms with Crippen molar-refractivity contribution in [1.82, 2.24) is 9.88 Å². The lowest BCUT2D eigenvalue weighted by Gasteiger charge is -2.34. The third kappa shape index (κ3) is 2.98. The number of nitrogens with zero attached hydrogens (tertiary/aromatic N) is 3. The van der Waals surface area contributed by atoms with E-state index in [2.05, 4.69) is 9.88 Å². The van der Waals surface area contributed by atoms with Gasteiger partial charge in [0.15, 0.2) is 5.13 Å². The number of carbonyl (C=O) groups is 1. The molecule has 25 heavy (non-hydrogen) atoms. The van der Waals surface area contributed by atoms with E-state index in [4.69, 9.17) is 0 Å². The number of fused-ring (bicyclic) bond motifs is 1. The summed E-state index contributed by atoms with van der Waals surface area (Å²) in [5.41, 5.74) is 2.19. The van der Waals surface area contributed by atoms with E-state index in [9.17, 15) is 9.18 Å². The van der Waals surface area contributed by atoms with Gasteiger partial charge in [0.2, 0.25) is 0 Å². The molecular weight excluding hydrogens is 337 g/mol. The van der Waals surface area contributed by atoms with Crippen molar-refractivity contribution in [2.24, 2.45) is 0 Å². The van der Waals surface area contributed by atoms with E-state index in [1.54, 1.807) is 6.07 Å². The maximum Gasteiger partial charge on any atom is 0.254 e. The first-order valence-corrected chi connectivity index (χ1v) is 9.10. The summed E-state index contributed by atoms with van der Waals surface area (Å²) in [5, 5.41) is 0.822. The number of hydrogen-bond acceptors (Lipinski definition) is 4. The summed E-state index contributed by atoms with van der Waals surface area (Å²) in [6, 6.07) is 12.7. The number of carbonyl (C=O) groups excluding carboxylic acids is 1. The van der Waals surface area contributed by atoms with Crippen LogP contribution in [-0.2, 0) is 0 Å². The van der Waals surface area contributed by atoms with Crippen LogP contribution in [-0.4, -0.2) is 42.0 Å². The van der Waals surface area contributed by atoms with Crippen molar-refractivity contribution >= 4 is 32.6 Å². The molecule has 0 bridgehead atoms. The summed E-state index contributed by atoms with van der Waals surface area (Å²) in [4.78, 5) is 21.2. The van der Waals surface area contributed by atoms with Gasteiger partial charge in [-0.2, -0.15) is 0 Å². The normalized spacial score (nSPS) is 15.0. The van der Waals surface area contributed by atoms with E-state index in [1.807, 2.05) is 42.2 Å². The topological polar surface area (TPSA) is 36.4 Å². The fourth-order valence-corrected chi connectivity index (χ4v) is 4.15. The van der Waals surface area contributed by atoms with Crippen LogP contribution in [0.5, 0.6) is 0 Å². The van der Waals surface area contributed by atoms with Gasteiger partial charge in [-0.1, -0.05) is 35.6 Å². The number of hydrogen-bond donors (Lipinski definition) is 0. The molecule has 0 saturated carbocycles. The molecule has 3 aromatic rings. The van der Waals surface area contributed by atoms with Crippen LogP contribution in [0.4, 0.5) is 9.52 Å². The highest BCUT2D eigenvalue weighted by Crippen LogP contribution is 2.30. The highest BCUT2D eigenvalue weighted by atomic mass is 32.1. The predicted molar refractivity (Wildman–Crippen MR) is 98.9 cm³/mol. The Balaban J connectivity index is 1.48. The molecule has 1 aliphatic rings. The van der Waals surface area contributed by atoms with Crippen molar-refractivity contribution in [1.29, 1.82) is 0 Å². The molecule has 0 radical (unpaired) electrons. The summed E-state index contributed by atoms with van der Waals surface area (Å²) in [6.07, 6.45) is 0. The molecule has 1 aromatic heterocycles. The molecule has 1 amide bonds. The Morgan fingerprint density at radius 3 is 2.56 bits per heavy atom. The zero-order valence-corrected chi connectivity index (χ0v) is 14.7. The second-order valence-electron chi connectivity index (χ2n) is 6.18. The number of aromatic nitrogens is 1. The molecule has 1 fully saturated rings. The summed E-state index contributed by atoms with van der Waals surface area (Å²) in [5.74, 6) is -0.207. The minimum Gasteiger partial charge on any atom is -0.345 e. The fourth-order valence-electron chi connectivity index (χ4n) is 3.12. The molecule has 4 rings (SSSR count). The Bertz CT molecular complexity index is 931. The first-order chi connectivity index (χ1) is 12.1. The maximum absolute atomic E-state index is 13.8. The van der Waals surface area contributed by atoms with Crippen LogP contribution in [0, 0.1) is 12.7 Å². The molecule has 0 spiro atoms. The van der Waals surface area contributed by atoms with Gasteiger partial charge in [-0.25, -0.2) is 9.37 Å². The molecule has 0 atom stereocenters. The van der Waals surface area contributed by atoms with Crippen molar-refractivity contribution in [3.63, 3.8) is 0 Å². The number of thiazole rings is 1. The quantitative estimate of drug-likeness (QED) is 0.703. The van der Waals surface area contributed by atoms with Gasteiger partial charge in [0.25, 0.3) is 5.91 Å². The van der Waals surface area contributed by atoms with Gasteiger partial charge in [0, 0.05) is 31.7 Å². The number of anilines is 1. The standard InChI is InChI=1S/C19H18FN3OS/c1-13-5-2-3-6-14(13)18(24)22-9-11-23(12-10-22)19-21-17-15(20)7-4-8-16(17)25-19/h2-8H,9-12H2,1H3. The first kappa shape index (κ1) is 16.0. The number of rotatable bonds is 2. The number of benzene rings is 2. The largest absolute Gasteiger partial charge is 0.345 e. The molecule has 6 heteroatoms.